The van der Waals surface area contributed by atoms with Gasteiger partial charge in [-0.25, -0.2) is 4.98 Å². The molecule has 1 N–H and O–H groups in total. The Morgan fingerprint density at radius 2 is 2.24 bits per heavy atom. The number of nitrogens with zero attached hydrogens (tertiary/aromatic N) is 3. The van der Waals surface area contributed by atoms with Gasteiger partial charge in [0.2, 0.25) is 0 Å². The van der Waals surface area contributed by atoms with Crippen LogP contribution in [0.1, 0.15) is 24.1 Å². The molecule has 1 aliphatic heterocycles. The third kappa shape index (κ3) is 3.17. The predicted octanol–water partition coefficient (Wildman–Crippen LogP) is 2.39. The second-order valence-electron chi connectivity index (χ2n) is 5.94. The van der Waals surface area contributed by atoms with Crippen LogP contribution >= 0.6 is 0 Å². The molecule has 2 aromatic heterocycles. The fourth-order valence-electron chi connectivity index (χ4n) is 3.15. The van der Waals surface area contributed by atoms with Gasteiger partial charge in [0.1, 0.15) is 5.82 Å². The van der Waals surface area contributed by atoms with Gasteiger partial charge in [-0.05, 0) is 56.0 Å². The predicted molar refractivity (Wildman–Crippen MR) is 83.4 cm³/mol. The van der Waals surface area contributed by atoms with E-state index < -0.39 is 0 Å². The van der Waals surface area contributed by atoms with Gasteiger partial charge in [-0.3, -0.25) is 4.90 Å². The van der Waals surface area contributed by atoms with Gasteiger partial charge in [-0.1, -0.05) is 6.07 Å². The SMILES string of the molecule is Cc1cccnc1-n1cccc1CN1CCC[C@H](CO)C1. The summed E-state index contributed by atoms with van der Waals surface area (Å²) in [7, 11) is 0. The quantitative estimate of drug-likeness (QED) is 0.938. The number of hydrogen-bond donors (Lipinski definition) is 1. The topological polar surface area (TPSA) is 41.3 Å². The Morgan fingerprint density at radius 1 is 1.33 bits per heavy atom. The third-order valence-corrected chi connectivity index (χ3v) is 4.29. The van der Waals surface area contributed by atoms with Gasteiger partial charge in [-0.15, -0.1) is 0 Å². The molecule has 112 valence electrons. The third-order valence-electron chi connectivity index (χ3n) is 4.29. The average molecular weight is 285 g/mol. The van der Waals surface area contributed by atoms with Crippen molar-refractivity contribution < 1.29 is 5.11 Å². The van der Waals surface area contributed by atoms with E-state index in [1.54, 1.807) is 0 Å². The minimum absolute atomic E-state index is 0.302. The lowest BCUT2D eigenvalue weighted by Gasteiger charge is -2.31. The molecule has 0 radical (unpaired) electrons. The van der Waals surface area contributed by atoms with Gasteiger partial charge in [0, 0.05) is 37.8 Å². The van der Waals surface area contributed by atoms with Gasteiger partial charge in [-0.2, -0.15) is 0 Å². The first-order valence-electron chi connectivity index (χ1n) is 7.69. The molecule has 2 aromatic rings. The standard InChI is InChI=1S/C17H23N3O/c1-14-5-2-8-18-17(14)20-10-4-7-16(20)12-19-9-3-6-15(11-19)13-21/h2,4-5,7-8,10,15,21H,3,6,9,11-13H2,1H3/t15-/m0/s1. The number of aryl methyl sites for hydroxylation is 1. The zero-order valence-electron chi connectivity index (χ0n) is 12.6. The van der Waals surface area contributed by atoms with Crippen LogP contribution in [0.25, 0.3) is 5.82 Å². The van der Waals surface area contributed by atoms with Crippen molar-refractivity contribution in [2.24, 2.45) is 5.92 Å². The van der Waals surface area contributed by atoms with E-state index in [0.717, 1.165) is 31.9 Å². The second-order valence-corrected chi connectivity index (χ2v) is 5.94. The van der Waals surface area contributed by atoms with E-state index in [2.05, 4.69) is 45.8 Å². The Labute approximate surface area is 126 Å². The zero-order valence-corrected chi connectivity index (χ0v) is 12.6. The highest BCUT2D eigenvalue weighted by Crippen LogP contribution is 2.20. The van der Waals surface area contributed by atoms with Crippen molar-refractivity contribution in [2.75, 3.05) is 19.7 Å². The van der Waals surface area contributed by atoms with Crippen molar-refractivity contribution >= 4 is 0 Å². The van der Waals surface area contributed by atoms with E-state index in [1.807, 2.05) is 12.3 Å². The lowest BCUT2D eigenvalue weighted by Crippen LogP contribution is -2.36. The molecular weight excluding hydrogens is 262 g/mol. The van der Waals surface area contributed by atoms with Crippen LogP contribution in [0.2, 0.25) is 0 Å². The number of hydrogen-bond acceptors (Lipinski definition) is 3. The fourth-order valence-corrected chi connectivity index (χ4v) is 3.15. The summed E-state index contributed by atoms with van der Waals surface area (Å²) < 4.78 is 2.18. The molecule has 0 bridgehead atoms. The van der Waals surface area contributed by atoms with Gasteiger partial charge >= 0.3 is 0 Å². The monoisotopic (exact) mass is 285 g/mol. The van der Waals surface area contributed by atoms with Gasteiger partial charge in [0.05, 0.1) is 0 Å². The Kier molecular flexibility index (Phi) is 4.36. The largest absolute Gasteiger partial charge is 0.396 e. The summed E-state index contributed by atoms with van der Waals surface area (Å²) in [6.45, 7) is 5.41. The van der Waals surface area contributed by atoms with Crippen LogP contribution in [0.4, 0.5) is 0 Å². The average Bonchev–Trinajstić information content (AvgIpc) is 2.96. The number of aromatic nitrogens is 2. The lowest BCUT2D eigenvalue weighted by molar-refractivity contribution is 0.114. The van der Waals surface area contributed by atoms with Crippen molar-refractivity contribution in [1.82, 2.24) is 14.5 Å². The number of aliphatic hydroxyl groups is 1. The Bertz CT molecular complexity index is 593. The molecule has 3 heterocycles. The molecule has 0 spiro atoms. The highest BCUT2D eigenvalue weighted by atomic mass is 16.3. The van der Waals surface area contributed by atoms with Crippen molar-refractivity contribution in [3.8, 4) is 5.82 Å². The van der Waals surface area contributed by atoms with Gasteiger partial charge < -0.3 is 9.67 Å². The van der Waals surface area contributed by atoms with E-state index in [9.17, 15) is 5.11 Å². The maximum atomic E-state index is 9.36. The Balaban J connectivity index is 1.78. The second kappa shape index (κ2) is 6.41. The smallest absolute Gasteiger partial charge is 0.139 e. The maximum Gasteiger partial charge on any atom is 0.139 e. The first-order chi connectivity index (χ1) is 10.3. The van der Waals surface area contributed by atoms with Crippen LogP contribution in [0, 0.1) is 12.8 Å². The highest BCUT2D eigenvalue weighted by molar-refractivity contribution is 5.35. The molecule has 4 heteroatoms. The fraction of sp³-hybridized carbons (Fsp3) is 0.471. The number of likely N-dealkylation sites (tertiary alicyclic amines) is 1. The summed E-state index contributed by atoms with van der Waals surface area (Å²) in [5.41, 5.74) is 2.44. The molecule has 21 heavy (non-hydrogen) atoms. The molecular formula is C17H23N3O. The molecule has 0 unspecified atom stereocenters. The molecule has 4 nitrogen and oxygen atoms in total. The Hall–Kier alpha value is -1.65. The molecule has 0 aliphatic carbocycles. The maximum absolute atomic E-state index is 9.36. The van der Waals surface area contributed by atoms with E-state index in [0.29, 0.717) is 12.5 Å². The zero-order chi connectivity index (χ0) is 14.7. The first-order valence-corrected chi connectivity index (χ1v) is 7.69. The van der Waals surface area contributed by atoms with E-state index in [1.165, 1.54) is 17.7 Å². The van der Waals surface area contributed by atoms with Crippen molar-refractivity contribution in [3.63, 3.8) is 0 Å². The van der Waals surface area contributed by atoms with E-state index in [4.69, 9.17) is 0 Å². The molecule has 0 saturated carbocycles. The van der Waals surface area contributed by atoms with Crippen LogP contribution in [-0.4, -0.2) is 39.3 Å². The Morgan fingerprint density at radius 3 is 3.05 bits per heavy atom. The lowest BCUT2D eigenvalue weighted by atomic mass is 9.99. The van der Waals surface area contributed by atoms with Crippen LogP contribution < -0.4 is 0 Å². The van der Waals surface area contributed by atoms with Gasteiger partial charge in [0.25, 0.3) is 0 Å². The van der Waals surface area contributed by atoms with E-state index >= 15 is 0 Å². The summed E-state index contributed by atoms with van der Waals surface area (Å²) in [5.74, 6) is 1.44. The molecule has 1 atom stereocenters. The molecule has 1 saturated heterocycles. The van der Waals surface area contributed by atoms with Crippen molar-refractivity contribution in [1.29, 1.82) is 0 Å². The summed E-state index contributed by atoms with van der Waals surface area (Å²) >= 11 is 0. The minimum atomic E-state index is 0.302. The summed E-state index contributed by atoms with van der Waals surface area (Å²) in [6.07, 6.45) is 6.24. The molecule has 0 amide bonds. The number of rotatable bonds is 4. The number of piperidine rings is 1. The van der Waals surface area contributed by atoms with Crippen molar-refractivity contribution in [2.45, 2.75) is 26.3 Å². The molecule has 3 rings (SSSR count). The normalized spacial score (nSPS) is 19.8. The van der Waals surface area contributed by atoms with Crippen LogP contribution in [0.3, 0.4) is 0 Å². The van der Waals surface area contributed by atoms with Gasteiger partial charge in [0.15, 0.2) is 0 Å². The first kappa shape index (κ1) is 14.3. The highest BCUT2D eigenvalue weighted by Gasteiger charge is 2.20. The van der Waals surface area contributed by atoms with Crippen molar-refractivity contribution in [3.05, 3.63) is 47.9 Å². The summed E-state index contributed by atoms with van der Waals surface area (Å²) in [5, 5.41) is 9.36. The van der Waals surface area contributed by atoms with Crippen LogP contribution in [0.5, 0.6) is 0 Å². The molecule has 0 aromatic carbocycles. The summed E-state index contributed by atoms with van der Waals surface area (Å²) in [6, 6.07) is 8.31. The molecule has 1 fully saturated rings. The van der Waals surface area contributed by atoms with E-state index in [-0.39, 0.29) is 0 Å². The number of aliphatic hydroxyl groups excluding tert-OH is 1. The number of pyridine rings is 1. The van der Waals surface area contributed by atoms with Crippen LogP contribution in [-0.2, 0) is 6.54 Å². The molecule has 1 aliphatic rings. The summed E-state index contributed by atoms with van der Waals surface area (Å²) in [4.78, 5) is 6.95. The van der Waals surface area contributed by atoms with Crippen LogP contribution in [0.15, 0.2) is 36.7 Å². The minimum Gasteiger partial charge on any atom is -0.396 e.